The molecular formula is C12H12FN3O. The smallest absolute Gasteiger partial charge is 0.218 e. The van der Waals surface area contributed by atoms with Crippen molar-refractivity contribution in [3.63, 3.8) is 0 Å². The number of hydrogen-bond donors (Lipinski definition) is 1. The van der Waals surface area contributed by atoms with E-state index in [4.69, 9.17) is 4.74 Å². The first-order valence-corrected chi connectivity index (χ1v) is 5.13. The van der Waals surface area contributed by atoms with Gasteiger partial charge in [0.25, 0.3) is 0 Å². The minimum atomic E-state index is -0.352. The number of anilines is 1. The van der Waals surface area contributed by atoms with Crippen molar-refractivity contribution < 1.29 is 9.13 Å². The van der Waals surface area contributed by atoms with E-state index in [-0.39, 0.29) is 5.82 Å². The number of halogens is 1. The van der Waals surface area contributed by atoms with Crippen LogP contribution in [0.15, 0.2) is 36.7 Å². The van der Waals surface area contributed by atoms with E-state index in [0.29, 0.717) is 18.2 Å². The van der Waals surface area contributed by atoms with Gasteiger partial charge in [-0.15, -0.1) is 0 Å². The van der Waals surface area contributed by atoms with Gasteiger partial charge in [-0.1, -0.05) is 6.07 Å². The van der Waals surface area contributed by atoms with Gasteiger partial charge in [0, 0.05) is 18.3 Å². The third kappa shape index (κ3) is 2.90. The fraction of sp³-hybridized carbons (Fsp3) is 0.167. The van der Waals surface area contributed by atoms with Crippen LogP contribution in [0.5, 0.6) is 5.88 Å². The largest absolute Gasteiger partial charge is 0.481 e. The molecule has 0 saturated heterocycles. The maximum Gasteiger partial charge on any atom is 0.218 e. The molecule has 1 N–H and O–H groups in total. The highest BCUT2D eigenvalue weighted by atomic mass is 19.1. The average molecular weight is 233 g/mol. The maximum atomic E-state index is 12.6. The Morgan fingerprint density at radius 2 is 2.18 bits per heavy atom. The van der Waals surface area contributed by atoms with Crippen LogP contribution >= 0.6 is 0 Å². The molecule has 88 valence electrons. The molecular weight excluding hydrogens is 221 g/mol. The monoisotopic (exact) mass is 233 g/mol. The first-order chi connectivity index (χ1) is 8.29. The van der Waals surface area contributed by atoms with Crippen molar-refractivity contribution >= 4 is 5.82 Å². The van der Waals surface area contributed by atoms with Crippen molar-refractivity contribution in [2.24, 2.45) is 0 Å². The Bertz CT molecular complexity index is 487. The molecule has 0 aliphatic heterocycles. The van der Waals surface area contributed by atoms with Crippen molar-refractivity contribution in [1.82, 2.24) is 9.97 Å². The second-order valence-electron chi connectivity index (χ2n) is 3.39. The molecule has 0 radical (unpaired) electrons. The lowest BCUT2D eigenvalue weighted by Gasteiger charge is -2.08. The summed E-state index contributed by atoms with van der Waals surface area (Å²) < 4.78 is 17.8. The Morgan fingerprint density at radius 1 is 1.29 bits per heavy atom. The van der Waals surface area contributed by atoms with Crippen LogP contribution in [0.4, 0.5) is 10.2 Å². The standard InChI is InChI=1S/C12H12FN3O/c1-17-12-9(3-2-6-14-12)7-15-11-5-4-10(13)8-16-11/h2-6,8H,7H2,1H3,(H,15,16). The molecule has 2 rings (SSSR count). The SMILES string of the molecule is COc1ncccc1CNc1ccc(F)cn1. The fourth-order valence-corrected chi connectivity index (χ4v) is 1.41. The van der Waals surface area contributed by atoms with E-state index >= 15 is 0 Å². The molecule has 0 fully saturated rings. The number of rotatable bonds is 4. The highest BCUT2D eigenvalue weighted by Crippen LogP contribution is 2.15. The van der Waals surface area contributed by atoms with Gasteiger partial charge < -0.3 is 10.1 Å². The van der Waals surface area contributed by atoms with E-state index in [1.165, 1.54) is 12.3 Å². The van der Waals surface area contributed by atoms with Gasteiger partial charge in [0.2, 0.25) is 5.88 Å². The summed E-state index contributed by atoms with van der Waals surface area (Å²) in [4.78, 5) is 7.98. The second-order valence-corrected chi connectivity index (χ2v) is 3.39. The van der Waals surface area contributed by atoms with Crippen LogP contribution in [0.3, 0.4) is 0 Å². The molecule has 0 bridgehead atoms. The molecule has 2 heterocycles. The molecule has 4 nitrogen and oxygen atoms in total. The van der Waals surface area contributed by atoms with Gasteiger partial charge in [0.1, 0.15) is 11.6 Å². The summed E-state index contributed by atoms with van der Waals surface area (Å²) in [5.41, 5.74) is 0.918. The molecule has 2 aromatic rings. The zero-order chi connectivity index (χ0) is 12.1. The number of pyridine rings is 2. The first kappa shape index (κ1) is 11.3. The predicted octanol–water partition coefficient (Wildman–Crippen LogP) is 2.24. The maximum absolute atomic E-state index is 12.6. The lowest BCUT2D eigenvalue weighted by molar-refractivity contribution is 0.393. The number of methoxy groups -OCH3 is 1. The van der Waals surface area contributed by atoms with E-state index in [1.54, 1.807) is 19.4 Å². The van der Waals surface area contributed by atoms with E-state index in [1.807, 2.05) is 12.1 Å². The molecule has 0 unspecified atom stereocenters. The van der Waals surface area contributed by atoms with Crippen LogP contribution in [0.2, 0.25) is 0 Å². The quantitative estimate of drug-likeness (QED) is 0.879. The van der Waals surface area contributed by atoms with Crippen LogP contribution in [0.25, 0.3) is 0 Å². The van der Waals surface area contributed by atoms with Crippen LogP contribution in [0.1, 0.15) is 5.56 Å². The van der Waals surface area contributed by atoms with Crippen LogP contribution in [-0.4, -0.2) is 17.1 Å². The summed E-state index contributed by atoms with van der Waals surface area (Å²) in [6, 6.07) is 6.67. The highest BCUT2D eigenvalue weighted by molar-refractivity contribution is 5.36. The number of nitrogens with zero attached hydrogens (tertiary/aromatic N) is 2. The summed E-state index contributed by atoms with van der Waals surface area (Å²) in [7, 11) is 1.57. The third-order valence-corrected chi connectivity index (χ3v) is 2.23. The molecule has 0 atom stereocenters. The Labute approximate surface area is 98.5 Å². The first-order valence-electron chi connectivity index (χ1n) is 5.13. The van der Waals surface area contributed by atoms with Crippen LogP contribution < -0.4 is 10.1 Å². The minimum Gasteiger partial charge on any atom is -0.481 e. The average Bonchev–Trinajstić information content (AvgIpc) is 2.38. The van der Waals surface area contributed by atoms with Gasteiger partial charge >= 0.3 is 0 Å². The van der Waals surface area contributed by atoms with E-state index < -0.39 is 0 Å². The second kappa shape index (κ2) is 5.25. The molecule has 0 aliphatic rings. The zero-order valence-electron chi connectivity index (χ0n) is 9.35. The van der Waals surface area contributed by atoms with E-state index in [0.717, 1.165) is 5.56 Å². The van der Waals surface area contributed by atoms with Crippen LogP contribution in [0, 0.1) is 5.82 Å². The van der Waals surface area contributed by atoms with Gasteiger partial charge in [0.15, 0.2) is 0 Å². The lowest BCUT2D eigenvalue weighted by atomic mass is 10.2. The summed E-state index contributed by atoms with van der Waals surface area (Å²) in [6.45, 7) is 0.523. The topological polar surface area (TPSA) is 47.0 Å². The van der Waals surface area contributed by atoms with Crippen molar-refractivity contribution in [3.05, 3.63) is 48.0 Å². The molecule has 0 saturated carbocycles. The predicted molar refractivity (Wildman–Crippen MR) is 62.3 cm³/mol. The van der Waals surface area contributed by atoms with E-state index in [2.05, 4.69) is 15.3 Å². The number of nitrogens with one attached hydrogen (secondary N) is 1. The molecule has 0 spiro atoms. The molecule has 2 aromatic heterocycles. The van der Waals surface area contributed by atoms with Crippen molar-refractivity contribution in [2.75, 3.05) is 12.4 Å². The van der Waals surface area contributed by atoms with Crippen molar-refractivity contribution in [1.29, 1.82) is 0 Å². The zero-order valence-corrected chi connectivity index (χ0v) is 9.35. The van der Waals surface area contributed by atoms with Crippen LogP contribution in [-0.2, 0) is 6.54 Å². The molecule has 0 aliphatic carbocycles. The Morgan fingerprint density at radius 3 is 2.88 bits per heavy atom. The Hall–Kier alpha value is -2.17. The van der Waals surface area contributed by atoms with Crippen molar-refractivity contribution in [2.45, 2.75) is 6.54 Å². The highest BCUT2D eigenvalue weighted by Gasteiger charge is 2.03. The normalized spacial score (nSPS) is 10.0. The van der Waals surface area contributed by atoms with Gasteiger partial charge in [0.05, 0.1) is 13.3 Å². The molecule has 5 heteroatoms. The molecule has 0 amide bonds. The number of aromatic nitrogens is 2. The summed E-state index contributed by atoms with van der Waals surface area (Å²) in [5, 5.41) is 3.07. The van der Waals surface area contributed by atoms with Gasteiger partial charge in [-0.05, 0) is 18.2 Å². The van der Waals surface area contributed by atoms with Gasteiger partial charge in [-0.2, -0.15) is 0 Å². The van der Waals surface area contributed by atoms with Crippen molar-refractivity contribution in [3.8, 4) is 5.88 Å². The lowest BCUT2D eigenvalue weighted by Crippen LogP contribution is -2.04. The number of hydrogen-bond acceptors (Lipinski definition) is 4. The molecule has 0 aromatic carbocycles. The van der Waals surface area contributed by atoms with Gasteiger partial charge in [-0.25, -0.2) is 14.4 Å². The minimum absolute atomic E-state index is 0.352. The summed E-state index contributed by atoms with van der Waals surface area (Å²) in [6.07, 6.45) is 2.83. The third-order valence-electron chi connectivity index (χ3n) is 2.23. The van der Waals surface area contributed by atoms with Gasteiger partial charge in [-0.3, -0.25) is 0 Å². The molecule has 17 heavy (non-hydrogen) atoms. The Balaban J connectivity index is 2.04. The Kier molecular flexibility index (Phi) is 3.49. The summed E-state index contributed by atoms with van der Waals surface area (Å²) in [5.74, 6) is 0.828. The number of ether oxygens (including phenoxy) is 1. The summed E-state index contributed by atoms with van der Waals surface area (Å²) >= 11 is 0. The van der Waals surface area contributed by atoms with E-state index in [9.17, 15) is 4.39 Å². The fourth-order valence-electron chi connectivity index (χ4n) is 1.41.